The molecule has 1 aliphatic heterocycles. The summed E-state index contributed by atoms with van der Waals surface area (Å²) in [6, 6.07) is 16.8. The number of benzene rings is 2. The number of carbonyl (C=O) groups excluding carboxylic acids is 2. The molecular formula is C22H24N2O2S2. The van der Waals surface area contributed by atoms with Crippen molar-refractivity contribution in [3.8, 4) is 0 Å². The molecule has 1 saturated carbocycles. The smallest absolute Gasteiger partial charge is 0.255 e. The monoisotopic (exact) mass is 412 g/mol. The van der Waals surface area contributed by atoms with Crippen LogP contribution in [-0.2, 0) is 4.79 Å². The zero-order valence-corrected chi connectivity index (χ0v) is 17.3. The van der Waals surface area contributed by atoms with Crippen molar-refractivity contribution in [1.82, 2.24) is 4.90 Å². The molecule has 28 heavy (non-hydrogen) atoms. The molecule has 1 aliphatic carbocycles. The predicted octanol–water partition coefficient (Wildman–Crippen LogP) is 4.88. The van der Waals surface area contributed by atoms with E-state index >= 15 is 0 Å². The van der Waals surface area contributed by atoms with Crippen LogP contribution in [0.4, 0.5) is 5.69 Å². The molecule has 1 heterocycles. The van der Waals surface area contributed by atoms with Gasteiger partial charge in [0.1, 0.15) is 6.04 Å². The number of anilines is 1. The molecule has 0 aromatic heterocycles. The van der Waals surface area contributed by atoms with E-state index in [2.05, 4.69) is 17.4 Å². The zero-order chi connectivity index (χ0) is 19.3. The molecule has 0 unspecified atom stereocenters. The molecule has 4 rings (SSSR count). The highest BCUT2D eigenvalue weighted by Crippen LogP contribution is 2.35. The minimum absolute atomic E-state index is 0.0888. The molecule has 2 amide bonds. The van der Waals surface area contributed by atoms with Crippen molar-refractivity contribution in [2.45, 2.75) is 41.9 Å². The van der Waals surface area contributed by atoms with Crippen molar-refractivity contribution >= 4 is 41.0 Å². The minimum Gasteiger partial charge on any atom is -0.324 e. The van der Waals surface area contributed by atoms with Crippen LogP contribution in [0.5, 0.6) is 0 Å². The second-order valence-electron chi connectivity index (χ2n) is 7.19. The summed E-state index contributed by atoms with van der Waals surface area (Å²) < 4.78 is 0. The maximum atomic E-state index is 12.8. The van der Waals surface area contributed by atoms with E-state index in [0.717, 1.165) is 10.9 Å². The van der Waals surface area contributed by atoms with Crippen molar-refractivity contribution in [2.24, 2.45) is 0 Å². The fourth-order valence-electron chi connectivity index (χ4n) is 3.65. The lowest BCUT2D eigenvalue weighted by atomic mass is 10.1. The summed E-state index contributed by atoms with van der Waals surface area (Å²) in [5.41, 5.74) is 1.40. The molecule has 1 atom stereocenters. The van der Waals surface area contributed by atoms with Crippen LogP contribution >= 0.6 is 23.5 Å². The number of nitrogens with one attached hydrogen (secondary N) is 1. The first-order valence-electron chi connectivity index (χ1n) is 9.72. The van der Waals surface area contributed by atoms with Gasteiger partial charge in [0.15, 0.2) is 0 Å². The summed E-state index contributed by atoms with van der Waals surface area (Å²) >= 11 is 3.55. The summed E-state index contributed by atoms with van der Waals surface area (Å²) in [6.07, 6.45) is 5.27. The molecule has 2 fully saturated rings. The van der Waals surface area contributed by atoms with Gasteiger partial charge in [0.05, 0.1) is 5.88 Å². The second-order valence-corrected chi connectivity index (χ2v) is 9.57. The lowest BCUT2D eigenvalue weighted by Crippen LogP contribution is -2.44. The Kier molecular flexibility index (Phi) is 6.27. The molecule has 2 aromatic rings. The normalized spacial score (nSPS) is 19.7. The van der Waals surface area contributed by atoms with Crippen LogP contribution < -0.4 is 5.32 Å². The number of hydrogen-bond donors (Lipinski definition) is 1. The third kappa shape index (κ3) is 4.55. The molecule has 1 saturated heterocycles. The van der Waals surface area contributed by atoms with Crippen LogP contribution in [0.3, 0.4) is 0 Å². The summed E-state index contributed by atoms with van der Waals surface area (Å²) in [5, 5.41) is 3.72. The largest absolute Gasteiger partial charge is 0.324 e. The Balaban J connectivity index is 1.37. The Morgan fingerprint density at radius 1 is 1.00 bits per heavy atom. The van der Waals surface area contributed by atoms with Gasteiger partial charge >= 0.3 is 0 Å². The van der Waals surface area contributed by atoms with Gasteiger partial charge in [-0.1, -0.05) is 31.0 Å². The van der Waals surface area contributed by atoms with Gasteiger partial charge in [-0.25, -0.2) is 0 Å². The zero-order valence-electron chi connectivity index (χ0n) is 15.7. The van der Waals surface area contributed by atoms with E-state index in [-0.39, 0.29) is 11.8 Å². The van der Waals surface area contributed by atoms with E-state index in [9.17, 15) is 9.59 Å². The molecular weight excluding hydrogens is 388 g/mol. The highest BCUT2D eigenvalue weighted by molar-refractivity contribution is 8.00. The van der Waals surface area contributed by atoms with Gasteiger partial charge in [-0.05, 0) is 49.2 Å². The Labute approximate surface area is 174 Å². The molecule has 0 spiro atoms. The van der Waals surface area contributed by atoms with E-state index < -0.39 is 6.04 Å². The van der Waals surface area contributed by atoms with Gasteiger partial charge in [-0.3, -0.25) is 9.59 Å². The van der Waals surface area contributed by atoms with Gasteiger partial charge in [0.2, 0.25) is 5.91 Å². The first kappa shape index (κ1) is 19.4. The summed E-state index contributed by atoms with van der Waals surface area (Å²) in [5.74, 6) is 0.961. The minimum atomic E-state index is -0.440. The SMILES string of the molecule is O=C(Nc1ccc(SC2CCCC2)cc1)[C@@H]1CSCN1C(=O)c1ccccc1. The molecule has 4 nitrogen and oxygen atoms in total. The van der Waals surface area contributed by atoms with E-state index in [4.69, 9.17) is 0 Å². The van der Waals surface area contributed by atoms with Crippen LogP contribution in [0.15, 0.2) is 59.5 Å². The van der Waals surface area contributed by atoms with Crippen LogP contribution in [0.1, 0.15) is 36.0 Å². The number of hydrogen-bond acceptors (Lipinski definition) is 4. The van der Waals surface area contributed by atoms with Crippen molar-refractivity contribution in [1.29, 1.82) is 0 Å². The Hall–Kier alpha value is -1.92. The quantitative estimate of drug-likeness (QED) is 0.761. The molecule has 2 aromatic carbocycles. The topological polar surface area (TPSA) is 49.4 Å². The average Bonchev–Trinajstić information content (AvgIpc) is 3.41. The molecule has 1 N–H and O–H groups in total. The van der Waals surface area contributed by atoms with Gasteiger partial charge in [-0.2, -0.15) is 0 Å². The van der Waals surface area contributed by atoms with Crippen LogP contribution in [0.25, 0.3) is 0 Å². The average molecular weight is 413 g/mol. The van der Waals surface area contributed by atoms with Gasteiger partial charge in [-0.15, -0.1) is 23.5 Å². The van der Waals surface area contributed by atoms with Crippen molar-refractivity contribution in [3.05, 3.63) is 60.2 Å². The number of nitrogens with zero attached hydrogens (tertiary/aromatic N) is 1. The standard InChI is InChI=1S/C22H24N2O2S2/c25-21(20-14-27-15-24(20)22(26)16-6-2-1-3-7-16)23-17-10-12-19(13-11-17)28-18-8-4-5-9-18/h1-3,6-7,10-13,18,20H,4-5,8-9,14-15H2,(H,23,25)/t20-/m0/s1. The summed E-state index contributed by atoms with van der Waals surface area (Å²) in [4.78, 5) is 28.5. The van der Waals surface area contributed by atoms with Crippen molar-refractivity contribution in [3.63, 3.8) is 0 Å². The number of amides is 2. The molecule has 0 bridgehead atoms. The second kappa shape index (κ2) is 9.05. The maximum absolute atomic E-state index is 12.8. The van der Waals surface area contributed by atoms with E-state index in [1.165, 1.54) is 30.6 Å². The van der Waals surface area contributed by atoms with E-state index in [1.54, 1.807) is 28.8 Å². The maximum Gasteiger partial charge on any atom is 0.255 e. The van der Waals surface area contributed by atoms with Crippen LogP contribution in [-0.4, -0.2) is 39.6 Å². The van der Waals surface area contributed by atoms with Gasteiger partial charge < -0.3 is 10.2 Å². The molecule has 2 aliphatic rings. The van der Waals surface area contributed by atoms with Crippen molar-refractivity contribution in [2.75, 3.05) is 16.9 Å². The lowest BCUT2D eigenvalue weighted by molar-refractivity contribution is -0.119. The Morgan fingerprint density at radius 2 is 1.71 bits per heavy atom. The van der Waals surface area contributed by atoms with Gasteiger partial charge in [0, 0.05) is 27.1 Å². The third-order valence-corrected chi connectivity index (χ3v) is 7.55. The highest BCUT2D eigenvalue weighted by atomic mass is 32.2. The first-order valence-corrected chi connectivity index (χ1v) is 11.8. The fourth-order valence-corrected chi connectivity index (χ4v) is 6.05. The Bertz CT molecular complexity index is 820. The highest BCUT2D eigenvalue weighted by Gasteiger charge is 2.35. The van der Waals surface area contributed by atoms with Gasteiger partial charge in [0.25, 0.3) is 5.91 Å². The van der Waals surface area contributed by atoms with E-state index in [1.807, 2.05) is 42.1 Å². The van der Waals surface area contributed by atoms with Crippen LogP contribution in [0.2, 0.25) is 0 Å². The lowest BCUT2D eigenvalue weighted by Gasteiger charge is -2.23. The Morgan fingerprint density at radius 3 is 2.43 bits per heavy atom. The number of carbonyl (C=O) groups is 2. The van der Waals surface area contributed by atoms with Crippen LogP contribution in [0, 0.1) is 0 Å². The summed E-state index contributed by atoms with van der Waals surface area (Å²) in [6.45, 7) is 0. The number of thioether (sulfide) groups is 2. The first-order chi connectivity index (χ1) is 13.7. The molecule has 146 valence electrons. The number of rotatable bonds is 5. The molecule has 6 heteroatoms. The fraction of sp³-hybridized carbons (Fsp3) is 0.364. The predicted molar refractivity (Wildman–Crippen MR) is 117 cm³/mol. The molecule has 0 radical (unpaired) electrons. The third-order valence-electron chi connectivity index (χ3n) is 5.19. The summed E-state index contributed by atoms with van der Waals surface area (Å²) in [7, 11) is 0. The van der Waals surface area contributed by atoms with Crippen molar-refractivity contribution < 1.29 is 9.59 Å². The van der Waals surface area contributed by atoms with E-state index in [0.29, 0.717) is 17.2 Å².